The van der Waals surface area contributed by atoms with Gasteiger partial charge in [-0.1, -0.05) is 54.1 Å². The van der Waals surface area contributed by atoms with Crippen LogP contribution in [-0.2, 0) is 6.54 Å². The molecule has 0 bridgehead atoms. The molecule has 0 saturated carbocycles. The van der Waals surface area contributed by atoms with Crippen LogP contribution in [0.3, 0.4) is 0 Å². The molecule has 110 valence electrons. The van der Waals surface area contributed by atoms with Gasteiger partial charge in [0, 0.05) is 29.5 Å². The van der Waals surface area contributed by atoms with E-state index in [1.54, 1.807) is 18.3 Å². The molecule has 0 spiro atoms. The topological polar surface area (TPSA) is 42.2 Å². The highest BCUT2D eigenvalue weighted by Crippen LogP contribution is 2.26. The first-order chi connectivity index (χ1) is 10.6. The minimum atomic E-state index is -0.934. The van der Waals surface area contributed by atoms with Gasteiger partial charge in [-0.2, -0.15) is 0 Å². The summed E-state index contributed by atoms with van der Waals surface area (Å²) in [6, 6.07) is 17.1. The Bertz CT molecular complexity index is 792. The number of aromatic nitrogens is 1. The van der Waals surface area contributed by atoms with Crippen LogP contribution >= 0.6 is 11.6 Å². The van der Waals surface area contributed by atoms with Gasteiger partial charge in [-0.05, 0) is 23.3 Å². The van der Waals surface area contributed by atoms with Crippen molar-refractivity contribution >= 4 is 17.6 Å². The van der Waals surface area contributed by atoms with Crippen LogP contribution < -0.4 is 0 Å². The van der Waals surface area contributed by atoms with Crippen molar-refractivity contribution in [1.29, 1.82) is 0 Å². The average Bonchev–Trinajstić information content (AvgIpc) is 2.93. The van der Waals surface area contributed by atoms with Crippen molar-refractivity contribution in [2.75, 3.05) is 0 Å². The summed E-state index contributed by atoms with van der Waals surface area (Å²) in [6.45, 7) is 0.634. The Labute approximate surface area is 133 Å². The van der Waals surface area contributed by atoms with Gasteiger partial charge >= 0.3 is 5.97 Å². The normalized spacial score (nSPS) is 10.6. The molecule has 1 aromatic heterocycles. The summed E-state index contributed by atoms with van der Waals surface area (Å²) in [7, 11) is 0. The summed E-state index contributed by atoms with van der Waals surface area (Å²) in [5, 5.41) is 10.1. The van der Waals surface area contributed by atoms with E-state index in [0.29, 0.717) is 22.7 Å². The van der Waals surface area contributed by atoms with Crippen molar-refractivity contribution in [3.63, 3.8) is 0 Å². The second-order valence-electron chi connectivity index (χ2n) is 5.06. The van der Waals surface area contributed by atoms with Crippen LogP contribution in [0.4, 0.5) is 0 Å². The van der Waals surface area contributed by atoms with E-state index < -0.39 is 5.97 Å². The molecular formula is C18H14ClNO2. The lowest BCUT2D eigenvalue weighted by Crippen LogP contribution is -1.98. The van der Waals surface area contributed by atoms with Crippen LogP contribution in [0.5, 0.6) is 0 Å². The molecule has 0 amide bonds. The van der Waals surface area contributed by atoms with Crippen LogP contribution in [0, 0.1) is 0 Å². The Morgan fingerprint density at radius 2 is 1.68 bits per heavy atom. The zero-order valence-electron chi connectivity index (χ0n) is 11.7. The van der Waals surface area contributed by atoms with Gasteiger partial charge < -0.3 is 9.67 Å². The number of hydrogen-bond donors (Lipinski definition) is 1. The van der Waals surface area contributed by atoms with Crippen LogP contribution in [0.15, 0.2) is 67.0 Å². The van der Waals surface area contributed by atoms with Gasteiger partial charge in [-0.25, -0.2) is 4.79 Å². The monoisotopic (exact) mass is 311 g/mol. The number of halogens is 1. The lowest BCUT2D eigenvalue weighted by molar-refractivity contribution is 0.0697. The van der Waals surface area contributed by atoms with Gasteiger partial charge in [0.05, 0.1) is 5.56 Å². The highest BCUT2D eigenvalue weighted by Gasteiger charge is 2.15. The predicted molar refractivity (Wildman–Crippen MR) is 87.4 cm³/mol. The Morgan fingerprint density at radius 1 is 1.00 bits per heavy atom. The van der Waals surface area contributed by atoms with Crippen molar-refractivity contribution in [2.45, 2.75) is 6.54 Å². The van der Waals surface area contributed by atoms with Crippen molar-refractivity contribution in [1.82, 2.24) is 4.57 Å². The standard InChI is InChI=1S/C18H14ClNO2/c19-15-8-6-14(7-9-15)16-11-20(12-17(16)18(21)22)10-13-4-2-1-3-5-13/h1-9,11-12H,10H2,(H,21,22). The number of carboxylic acids is 1. The first-order valence-corrected chi connectivity index (χ1v) is 7.24. The maximum absolute atomic E-state index is 11.5. The van der Waals surface area contributed by atoms with E-state index in [1.807, 2.05) is 53.2 Å². The quantitative estimate of drug-likeness (QED) is 0.767. The van der Waals surface area contributed by atoms with Crippen LogP contribution in [0.2, 0.25) is 5.02 Å². The highest BCUT2D eigenvalue weighted by molar-refractivity contribution is 6.30. The minimum Gasteiger partial charge on any atom is -0.478 e. The molecule has 0 saturated heterocycles. The van der Waals surface area contributed by atoms with E-state index in [0.717, 1.165) is 11.1 Å². The molecule has 0 aliphatic rings. The van der Waals surface area contributed by atoms with E-state index in [9.17, 15) is 9.90 Å². The lowest BCUT2D eigenvalue weighted by atomic mass is 10.1. The Balaban J connectivity index is 1.99. The maximum Gasteiger partial charge on any atom is 0.337 e. The minimum absolute atomic E-state index is 0.290. The molecule has 0 unspecified atom stereocenters. The van der Waals surface area contributed by atoms with Gasteiger partial charge in [0.2, 0.25) is 0 Å². The van der Waals surface area contributed by atoms with E-state index in [4.69, 9.17) is 11.6 Å². The van der Waals surface area contributed by atoms with Crippen molar-refractivity contribution in [2.24, 2.45) is 0 Å². The molecular weight excluding hydrogens is 298 g/mol. The van der Waals surface area contributed by atoms with Gasteiger partial charge in [0.25, 0.3) is 0 Å². The smallest absolute Gasteiger partial charge is 0.337 e. The number of carbonyl (C=O) groups is 1. The summed E-state index contributed by atoms with van der Waals surface area (Å²) >= 11 is 5.89. The molecule has 0 aliphatic carbocycles. The maximum atomic E-state index is 11.5. The molecule has 3 rings (SSSR count). The van der Waals surface area contributed by atoms with Gasteiger partial charge in [-0.3, -0.25) is 0 Å². The highest BCUT2D eigenvalue weighted by atomic mass is 35.5. The summed E-state index contributed by atoms with van der Waals surface area (Å²) in [6.07, 6.45) is 3.53. The molecule has 0 fully saturated rings. The summed E-state index contributed by atoms with van der Waals surface area (Å²) in [5.74, 6) is -0.934. The molecule has 0 aliphatic heterocycles. The molecule has 0 radical (unpaired) electrons. The molecule has 2 aromatic carbocycles. The summed E-state index contributed by atoms with van der Waals surface area (Å²) in [5.41, 5.74) is 2.95. The first-order valence-electron chi connectivity index (χ1n) is 6.86. The fourth-order valence-corrected chi connectivity index (χ4v) is 2.55. The largest absolute Gasteiger partial charge is 0.478 e. The number of hydrogen-bond acceptors (Lipinski definition) is 1. The van der Waals surface area contributed by atoms with Gasteiger partial charge in [-0.15, -0.1) is 0 Å². The van der Waals surface area contributed by atoms with Crippen molar-refractivity contribution in [3.8, 4) is 11.1 Å². The third-order valence-electron chi connectivity index (χ3n) is 3.47. The Morgan fingerprint density at radius 3 is 2.32 bits per heavy atom. The van der Waals surface area contributed by atoms with Gasteiger partial charge in [0.15, 0.2) is 0 Å². The number of aromatic carboxylic acids is 1. The zero-order chi connectivity index (χ0) is 15.5. The summed E-state index contributed by atoms with van der Waals surface area (Å²) in [4.78, 5) is 11.5. The third kappa shape index (κ3) is 3.05. The fraction of sp³-hybridized carbons (Fsp3) is 0.0556. The third-order valence-corrected chi connectivity index (χ3v) is 3.73. The van der Waals surface area contributed by atoms with Crippen LogP contribution in [0.25, 0.3) is 11.1 Å². The number of benzene rings is 2. The Hall–Kier alpha value is -2.52. The van der Waals surface area contributed by atoms with Crippen LogP contribution in [-0.4, -0.2) is 15.6 Å². The SMILES string of the molecule is O=C(O)c1cn(Cc2ccccc2)cc1-c1ccc(Cl)cc1. The second-order valence-corrected chi connectivity index (χ2v) is 5.49. The average molecular weight is 312 g/mol. The Kier molecular flexibility index (Phi) is 3.98. The molecule has 3 aromatic rings. The first kappa shape index (κ1) is 14.4. The van der Waals surface area contributed by atoms with E-state index in [2.05, 4.69) is 0 Å². The van der Waals surface area contributed by atoms with E-state index in [-0.39, 0.29) is 0 Å². The molecule has 1 heterocycles. The van der Waals surface area contributed by atoms with Crippen molar-refractivity contribution < 1.29 is 9.90 Å². The molecule has 22 heavy (non-hydrogen) atoms. The molecule has 4 heteroatoms. The second kappa shape index (κ2) is 6.08. The molecule has 0 atom stereocenters. The molecule has 1 N–H and O–H groups in total. The van der Waals surface area contributed by atoms with E-state index in [1.165, 1.54) is 0 Å². The lowest BCUT2D eigenvalue weighted by Gasteiger charge is -2.02. The van der Waals surface area contributed by atoms with Crippen molar-refractivity contribution in [3.05, 3.63) is 83.1 Å². The number of rotatable bonds is 4. The van der Waals surface area contributed by atoms with Crippen LogP contribution in [0.1, 0.15) is 15.9 Å². The van der Waals surface area contributed by atoms with Gasteiger partial charge in [0.1, 0.15) is 0 Å². The number of nitrogens with zero attached hydrogens (tertiary/aromatic N) is 1. The predicted octanol–water partition coefficient (Wildman–Crippen LogP) is 4.56. The summed E-state index contributed by atoms with van der Waals surface area (Å²) < 4.78 is 1.89. The van der Waals surface area contributed by atoms with E-state index >= 15 is 0 Å². The zero-order valence-corrected chi connectivity index (χ0v) is 12.5. The fourth-order valence-electron chi connectivity index (χ4n) is 2.42. The molecule has 3 nitrogen and oxygen atoms in total. The number of carboxylic acid groups (broad SMARTS) is 1.